The maximum Gasteiger partial charge on any atom is 0.310 e. The summed E-state index contributed by atoms with van der Waals surface area (Å²) in [6.07, 6.45) is 2.02. The van der Waals surface area contributed by atoms with Crippen molar-refractivity contribution < 1.29 is 28.2 Å². The zero-order valence-corrected chi connectivity index (χ0v) is 19.6. The Morgan fingerprint density at radius 1 is 1.17 bits per heavy atom. The molecule has 1 saturated heterocycles. The van der Waals surface area contributed by atoms with E-state index in [1.807, 2.05) is 23.1 Å². The Hall–Kier alpha value is -3.46. The van der Waals surface area contributed by atoms with Crippen LogP contribution in [0, 0.1) is 11.7 Å². The van der Waals surface area contributed by atoms with Crippen molar-refractivity contribution in [3.63, 3.8) is 0 Å². The Morgan fingerprint density at radius 3 is 2.86 bits per heavy atom. The summed E-state index contributed by atoms with van der Waals surface area (Å²) in [4.78, 5) is 27.7. The van der Waals surface area contributed by atoms with Crippen LogP contribution in [0.1, 0.15) is 43.4 Å². The van der Waals surface area contributed by atoms with Crippen LogP contribution >= 0.6 is 0 Å². The molecule has 2 atom stereocenters. The molecule has 0 spiro atoms. The van der Waals surface area contributed by atoms with Crippen molar-refractivity contribution in [2.75, 3.05) is 33.0 Å². The van der Waals surface area contributed by atoms with E-state index in [0.717, 1.165) is 24.9 Å². The van der Waals surface area contributed by atoms with E-state index in [1.165, 1.54) is 17.1 Å². The fourth-order valence-electron chi connectivity index (χ4n) is 4.88. The molecule has 35 heavy (non-hydrogen) atoms. The number of ether oxygens (including phenoxy) is 3. The molecular formula is C26H28FN3O5. The molecule has 0 radical (unpaired) electrons. The van der Waals surface area contributed by atoms with E-state index in [4.69, 9.17) is 14.2 Å². The average Bonchev–Trinajstić information content (AvgIpc) is 3.51. The van der Waals surface area contributed by atoms with Crippen LogP contribution in [0.4, 0.5) is 4.39 Å². The number of hydrazone groups is 1. The van der Waals surface area contributed by atoms with Gasteiger partial charge in [0.05, 0.1) is 30.8 Å². The van der Waals surface area contributed by atoms with Gasteiger partial charge in [-0.15, -0.1) is 0 Å². The summed E-state index contributed by atoms with van der Waals surface area (Å²) < 4.78 is 30.0. The normalized spacial score (nSPS) is 21.7. The first-order valence-electron chi connectivity index (χ1n) is 12.0. The van der Waals surface area contributed by atoms with E-state index in [9.17, 15) is 14.0 Å². The molecule has 1 amide bonds. The van der Waals surface area contributed by atoms with E-state index < -0.39 is 0 Å². The van der Waals surface area contributed by atoms with Gasteiger partial charge < -0.3 is 14.2 Å². The van der Waals surface area contributed by atoms with Crippen LogP contribution in [0.3, 0.4) is 0 Å². The fourth-order valence-corrected chi connectivity index (χ4v) is 4.88. The molecule has 0 N–H and O–H groups in total. The first-order chi connectivity index (χ1) is 17.0. The highest BCUT2D eigenvalue weighted by Gasteiger charge is 2.36. The Morgan fingerprint density at radius 2 is 2.03 bits per heavy atom. The number of hydrogen-bond acceptors (Lipinski definition) is 7. The van der Waals surface area contributed by atoms with Gasteiger partial charge in [0, 0.05) is 18.5 Å². The second-order valence-electron chi connectivity index (χ2n) is 8.95. The molecule has 3 aliphatic rings. The maximum absolute atomic E-state index is 13.9. The summed E-state index contributed by atoms with van der Waals surface area (Å²) in [6.45, 7) is 3.64. The van der Waals surface area contributed by atoms with Crippen molar-refractivity contribution in [3.05, 3.63) is 59.4 Å². The number of fused-ring (bicyclic) bond motifs is 1. The molecule has 3 heterocycles. The Kier molecular flexibility index (Phi) is 6.68. The average molecular weight is 482 g/mol. The minimum Gasteiger partial charge on any atom is -0.466 e. The molecule has 5 rings (SSSR count). The number of halogens is 1. The van der Waals surface area contributed by atoms with Gasteiger partial charge in [0.1, 0.15) is 5.82 Å². The van der Waals surface area contributed by atoms with Gasteiger partial charge in [-0.25, -0.2) is 9.40 Å². The number of hydrogen-bond donors (Lipinski definition) is 0. The van der Waals surface area contributed by atoms with Gasteiger partial charge in [-0.3, -0.25) is 14.5 Å². The van der Waals surface area contributed by atoms with Crippen molar-refractivity contribution >= 4 is 17.6 Å². The molecular weight excluding hydrogens is 453 g/mol. The van der Waals surface area contributed by atoms with Crippen molar-refractivity contribution in [2.24, 2.45) is 11.0 Å². The third-order valence-electron chi connectivity index (χ3n) is 6.59. The molecule has 2 aromatic carbocycles. The largest absolute Gasteiger partial charge is 0.466 e. The lowest BCUT2D eigenvalue weighted by molar-refractivity contribution is -0.150. The van der Waals surface area contributed by atoms with Gasteiger partial charge in [-0.1, -0.05) is 18.2 Å². The lowest BCUT2D eigenvalue weighted by Crippen LogP contribution is -2.44. The number of nitrogens with zero attached hydrogens (tertiary/aromatic N) is 3. The quantitative estimate of drug-likeness (QED) is 0.588. The van der Waals surface area contributed by atoms with Crippen molar-refractivity contribution in [3.8, 4) is 11.5 Å². The topological polar surface area (TPSA) is 80.7 Å². The van der Waals surface area contributed by atoms with Crippen LogP contribution in [-0.4, -0.2) is 60.5 Å². The second kappa shape index (κ2) is 10.0. The zero-order valence-electron chi connectivity index (χ0n) is 19.6. The van der Waals surface area contributed by atoms with Crippen LogP contribution in [0.15, 0.2) is 47.6 Å². The van der Waals surface area contributed by atoms with Crippen LogP contribution in [0.25, 0.3) is 0 Å². The molecule has 8 nitrogen and oxygen atoms in total. The van der Waals surface area contributed by atoms with Crippen LogP contribution in [0.5, 0.6) is 11.5 Å². The van der Waals surface area contributed by atoms with Gasteiger partial charge in [-0.05, 0) is 56.1 Å². The van der Waals surface area contributed by atoms with Crippen LogP contribution < -0.4 is 9.47 Å². The molecule has 0 bridgehead atoms. The summed E-state index contributed by atoms with van der Waals surface area (Å²) in [5.74, 6) is 0.315. The smallest absolute Gasteiger partial charge is 0.310 e. The summed E-state index contributed by atoms with van der Waals surface area (Å²) >= 11 is 0. The highest BCUT2D eigenvalue weighted by Crippen LogP contribution is 2.39. The summed E-state index contributed by atoms with van der Waals surface area (Å²) in [5.41, 5.74) is 2.15. The summed E-state index contributed by atoms with van der Waals surface area (Å²) in [6, 6.07) is 11.5. The predicted molar refractivity (Wildman–Crippen MR) is 126 cm³/mol. The third kappa shape index (κ3) is 5.00. The van der Waals surface area contributed by atoms with Gasteiger partial charge in [0.2, 0.25) is 6.79 Å². The molecule has 0 saturated carbocycles. The highest BCUT2D eigenvalue weighted by molar-refractivity contribution is 6.03. The van der Waals surface area contributed by atoms with Gasteiger partial charge in [0.25, 0.3) is 5.91 Å². The van der Waals surface area contributed by atoms with E-state index >= 15 is 0 Å². The van der Waals surface area contributed by atoms with E-state index in [2.05, 4.69) is 5.10 Å². The standard InChI is InChI=1S/C26H28FN3O5/c1-2-33-26(32)19-6-4-10-29(14-19)15-25(31)30-22(18-8-9-23-24(12-18)35-16-34-23)13-21(28-30)17-5-3-7-20(27)11-17/h3,5,7-9,11-12,19,22H,2,4,6,10,13-16H2,1H3. The molecule has 9 heteroatoms. The van der Waals surface area contributed by atoms with Crippen molar-refractivity contribution in [1.29, 1.82) is 0 Å². The Labute approximate surface area is 203 Å². The van der Waals surface area contributed by atoms with Gasteiger partial charge in [0.15, 0.2) is 11.5 Å². The van der Waals surface area contributed by atoms with Crippen molar-refractivity contribution in [1.82, 2.24) is 9.91 Å². The first-order valence-corrected chi connectivity index (χ1v) is 12.0. The van der Waals surface area contributed by atoms with Gasteiger partial charge >= 0.3 is 5.97 Å². The molecule has 0 aliphatic carbocycles. The Balaban J connectivity index is 1.38. The van der Waals surface area contributed by atoms with Crippen LogP contribution in [-0.2, 0) is 14.3 Å². The summed E-state index contributed by atoms with van der Waals surface area (Å²) in [5, 5.41) is 6.13. The molecule has 3 aliphatic heterocycles. The lowest BCUT2D eigenvalue weighted by atomic mass is 9.97. The maximum atomic E-state index is 13.9. The molecule has 2 aromatic rings. The number of piperidine rings is 1. The number of carbonyl (C=O) groups excluding carboxylic acids is 2. The van der Waals surface area contributed by atoms with E-state index in [1.54, 1.807) is 19.1 Å². The van der Waals surface area contributed by atoms with E-state index in [-0.39, 0.29) is 43.0 Å². The SMILES string of the molecule is CCOC(=O)C1CCCN(CC(=O)N2N=C(c3cccc(F)c3)CC2c2ccc3c(c2)OCO3)C1. The highest BCUT2D eigenvalue weighted by atomic mass is 19.1. The fraction of sp³-hybridized carbons (Fsp3) is 0.423. The predicted octanol–water partition coefficient (Wildman–Crippen LogP) is 3.51. The van der Waals surface area contributed by atoms with Crippen LogP contribution in [0.2, 0.25) is 0 Å². The minimum atomic E-state index is -0.360. The molecule has 2 unspecified atom stereocenters. The lowest BCUT2D eigenvalue weighted by Gasteiger charge is -2.32. The Bertz CT molecular complexity index is 1150. The number of rotatable bonds is 6. The van der Waals surface area contributed by atoms with E-state index in [0.29, 0.717) is 42.3 Å². The monoisotopic (exact) mass is 481 g/mol. The molecule has 0 aromatic heterocycles. The third-order valence-corrected chi connectivity index (χ3v) is 6.59. The van der Waals surface area contributed by atoms with Crippen molar-refractivity contribution in [2.45, 2.75) is 32.2 Å². The number of esters is 1. The number of carbonyl (C=O) groups is 2. The number of benzene rings is 2. The number of amides is 1. The van der Waals surface area contributed by atoms with Gasteiger partial charge in [-0.2, -0.15) is 5.10 Å². The summed E-state index contributed by atoms with van der Waals surface area (Å²) in [7, 11) is 0. The molecule has 184 valence electrons. The number of likely N-dealkylation sites (tertiary alicyclic amines) is 1. The first kappa shape index (κ1) is 23.3. The minimum absolute atomic E-state index is 0.136. The molecule has 1 fully saturated rings. The zero-order chi connectivity index (χ0) is 24.4. The second-order valence-corrected chi connectivity index (χ2v) is 8.95.